The molecule has 1 aromatic heterocycles. The van der Waals surface area contributed by atoms with Gasteiger partial charge >= 0.3 is 0 Å². The van der Waals surface area contributed by atoms with Gasteiger partial charge in [0, 0.05) is 10.9 Å². The molecule has 2 nitrogen and oxygen atoms in total. The molecule has 2 rings (SSSR count). The minimum absolute atomic E-state index is 0.477. The number of hydrogen-bond donors (Lipinski definition) is 1. The summed E-state index contributed by atoms with van der Waals surface area (Å²) >= 11 is 5.36. The van der Waals surface area contributed by atoms with Crippen molar-refractivity contribution in [2.75, 3.05) is 26.2 Å². The quantitative estimate of drug-likeness (QED) is 0.880. The first-order chi connectivity index (χ1) is 8.69. The summed E-state index contributed by atoms with van der Waals surface area (Å²) in [6.45, 7) is 9.45. The van der Waals surface area contributed by atoms with Crippen LogP contribution < -0.4 is 5.32 Å². The number of thiophene rings is 1. The fourth-order valence-electron chi connectivity index (χ4n) is 2.51. The van der Waals surface area contributed by atoms with Gasteiger partial charge in [0.15, 0.2) is 0 Å². The lowest BCUT2D eigenvalue weighted by atomic mass is 9.96. The van der Waals surface area contributed by atoms with Crippen molar-refractivity contribution in [2.24, 2.45) is 5.92 Å². The molecule has 0 amide bonds. The average Bonchev–Trinajstić information content (AvgIpc) is 2.83. The van der Waals surface area contributed by atoms with E-state index >= 15 is 0 Å². The standard InChI is InChI=1S/C14H23BrN2S/c1-3-17-8-6-12(7-9-17)10-16-11(2)13-4-5-14(15)18-13/h4-5,11-12,16H,3,6-10H2,1-2H3. The van der Waals surface area contributed by atoms with E-state index in [0.717, 1.165) is 12.5 Å². The number of halogens is 1. The van der Waals surface area contributed by atoms with E-state index in [2.05, 4.69) is 52.1 Å². The van der Waals surface area contributed by atoms with Crippen molar-refractivity contribution in [3.05, 3.63) is 20.8 Å². The lowest BCUT2D eigenvalue weighted by molar-refractivity contribution is 0.188. The molecular weight excluding hydrogens is 308 g/mol. The molecule has 1 aliphatic rings. The van der Waals surface area contributed by atoms with Gasteiger partial charge in [-0.15, -0.1) is 11.3 Å². The monoisotopic (exact) mass is 330 g/mol. The summed E-state index contributed by atoms with van der Waals surface area (Å²) in [5, 5.41) is 3.69. The van der Waals surface area contributed by atoms with Crippen LogP contribution in [-0.4, -0.2) is 31.1 Å². The van der Waals surface area contributed by atoms with E-state index in [0.29, 0.717) is 6.04 Å². The van der Waals surface area contributed by atoms with Gasteiger partial charge in [0.05, 0.1) is 3.79 Å². The van der Waals surface area contributed by atoms with E-state index in [1.54, 1.807) is 0 Å². The molecule has 18 heavy (non-hydrogen) atoms. The first-order valence-corrected chi connectivity index (χ1v) is 8.51. The largest absolute Gasteiger partial charge is 0.309 e. The second-order valence-corrected chi connectivity index (χ2v) is 7.64. The van der Waals surface area contributed by atoms with Gasteiger partial charge in [-0.2, -0.15) is 0 Å². The Bertz CT molecular complexity index is 358. The highest BCUT2D eigenvalue weighted by Crippen LogP contribution is 2.27. The highest BCUT2D eigenvalue weighted by Gasteiger charge is 2.18. The third kappa shape index (κ3) is 4.05. The van der Waals surface area contributed by atoms with Crippen LogP contribution in [0.2, 0.25) is 0 Å². The average molecular weight is 331 g/mol. The summed E-state index contributed by atoms with van der Waals surface area (Å²) in [5.41, 5.74) is 0. The topological polar surface area (TPSA) is 15.3 Å². The molecule has 0 aromatic carbocycles. The number of piperidine rings is 1. The van der Waals surface area contributed by atoms with Crippen LogP contribution in [-0.2, 0) is 0 Å². The fraction of sp³-hybridized carbons (Fsp3) is 0.714. The molecule has 102 valence electrons. The van der Waals surface area contributed by atoms with E-state index in [1.807, 2.05) is 11.3 Å². The molecule has 0 saturated carbocycles. The summed E-state index contributed by atoms with van der Waals surface area (Å²) in [4.78, 5) is 3.98. The van der Waals surface area contributed by atoms with Gasteiger partial charge in [0.25, 0.3) is 0 Å². The second-order valence-electron chi connectivity index (χ2n) is 5.15. The van der Waals surface area contributed by atoms with Gasteiger partial charge in [-0.1, -0.05) is 6.92 Å². The zero-order chi connectivity index (χ0) is 13.0. The molecule has 4 heteroatoms. The van der Waals surface area contributed by atoms with Crippen molar-refractivity contribution in [3.63, 3.8) is 0 Å². The van der Waals surface area contributed by atoms with E-state index in [1.165, 1.54) is 41.1 Å². The van der Waals surface area contributed by atoms with Gasteiger partial charge in [-0.25, -0.2) is 0 Å². The van der Waals surface area contributed by atoms with Gasteiger partial charge < -0.3 is 10.2 Å². The van der Waals surface area contributed by atoms with Crippen LogP contribution >= 0.6 is 27.3 Å². The molecule has 2 heterocycles. The summed E-state index contributed by atoms with van der Waals surface area (Å²) in [5.74, 6) is 0.860. The third-order valence-electron chi connectivity index (χ3n) is 3.89. The molecule has 0 aliphatic carbocycles. The SMILES string of the molecule is CCN1CCC(CNC(C)c2ccc(Br)s2)CC1. The number of hydrogen-bond acceptors (Lipinski definition) is 3. The van der Waals surface area contributed by atoms with Crippen LogP contribution in [0.3, 0.4) is 0 Å². The molecule has 0 bridgehead atoms. The number of nitrogens with zero attached hydrogens (tertiary/aromatic N) is 1. The van der Waals surface area contributed by atoms with E-state index in [4.69, 9.17) is 0 Å². The Balaban J connectivity index is 1.72. The first kappa shape index (κ1) is 14.5. The maximum Gasteiger partial charge on any atom is 0.0701 e. The lowest BCUT2D eigenvalue weighted by Gasteiger charge is -2.31. The molecule has 1 aromatic rings. The Morgan fingerprint density at radius 3 is 2.72 bits per heavy atom. The normalized spacial score (nSPS) is 20.2. The van der Waals surface area contributed by atoms with Gasteiger partial charge in [-0.3, -0.25) is 0 Å². The van der Waals surface area contributed by atoms with Crippen molar-refractivity contribution in [1.82, 2.24) is 10.2 Å². The number of likely N-dealkylation sites (tertiary alicyclic amines) is 1. The van der Waals surface area contributed by atoms with Crippen LogP contribution in [0.15, 0.2) is 15.9 Å². The highest BCUT2D eigenvalue weighted by atomic mass is 79.9. The van der Waals surface area contributed by atoms with Crippen LogP contribution in [0.4, 0.5) is 0 Å². The molecule has 1 aliphatic heterocycles. The predicted octanol–water partition coefficient (Wildman–Crippen LogP) is 3.89. The Labute approximate surface area is 123 Å². The zero-order valence-electron chi connectivity index (χ0n) is 11.3. The summed E-state index contributed by atoms with van der Waals surface area (Å²) < 4.78 is 1.22. The van der Waals surface area contributed by atoms with Crippen LogP contribution in [0.1, 0.15) is 37.6 Å². The number of rotatable bonds is 5. The zero-order valence-corrected chi connectivity index (χ0v) is 13.7. The van der Waals surface area contributed by atoms with E-state index in [-0.39, 0.29) is 0 Å². The molecule has 1 fully saturated rings. The molecule has 1 N–H and O–H groups in total. The van der Waals surface area contributed by atoms with Crippen LogP contribution in [0.5, 0.6) is 0 Å². The summed E-state index contributed by atoms with van der Waals surface area (Å²) in [7, 11) is 0. The van der Waals surface area contributed by atoms with Crippen molar-refractivity contribution >= 4 is 27.3 Å². The Morgan fingerprint density at radius 1 is 1.44 bits per heavy atom. The minimum atomic E-state index is 0.477. The van der Waals surface area contributed by atoms with Crippen molar-refractivity contribution in [1.29, 1.82) is 0 Å². The van der Waals surface area contributed by atoms with Gasteiger partial charge in [0.1, 0.15) is 0 Å². The van der Waals surface area contributed by atoms with Crippen molar-refractivity contribution < 1.29 is 0 Å². The van der Waals surface area contributed by atoms with E-state index in [9.17, 15) is 0 Å². The van der Waals surface area contributed by atoms with Gasteiger partial charge in [0.2, 0.25) is 0 Å². The Morgan fingerprint density at radius 2 is 2.17 bits per heavy atom. The minimum Gasteiger partial charge on any atom is -0.309 e. The lowest BCUT2D eigenvalue weighted by Crippen LogP contribution is -2.37. The van der Waals surface area contributed by atoms with Crippen LogP contribution in [0, 0.1) is 5.92 Å². The summed E-state index contributed by atoms with van der Waals surface area (Å²) in [6, 6.07) is 4.83. The molecule has 0 radical (unpaired) electrons. The molecule has 1 saturated heterocycles. The molecule has 1 unspecified atom stereocenters. The molecule has 1 atom stereocenters. The maximum atomic E-state index is 3.69. The predicted molar refractivity (Wildman–Crippen MR) is 83.3 cm³/mol. The number of nitrogens with one attached hydrogen (secondary N) is 1. The second kappa shape index (κ2) is 7.04. The van der Waals surface area contributed by atoms with Gasteiger partial charge in [-0.05, 0) is 79.9 Å². The molecular formula is C14H23BrN2S. The smallest absolute Gasteiger partial charge is 0.0701 e. The fourth-order valence-corrected chi connectivity index (χ4v) is 3.96. The molecule has 0 spiro atoms. The Kier molecular flexibility index (Phi) is 5.67. The van der Waals surface area contributed by atoms with Crippen molar-refractivity contribution in [3.8, 4) is 0 Å². The summed E-state index contributed by atoms with van der Waals surface area (Å²) in [6.07, 6.45) is 2.70. The third-order valence-corrected chi connectivity index (χ3v) is 5.69. The highest BCUT2D eigenvalue weighted by molar-refractivity contribution is 9.11. The maximum absolute atomic E-state index is 3.69. The Hall–Kier alpha value is 0.1000. The first-order valence-electron chi connectivity index (χ1n) is 6.90. The van der Waals surface area contributed by atoms with Crippen molar-refractivity contribution in [2.45, 2.75) is 32.7 Å². The van der Waals surface area contributed by atoms with E-state index < -0.39 is 0 Å². The van der Waals surface area contributed by atoms with Crippen LogP contribution in [0.25, 0.3) is 0 Å².